The van der Waals surface area contributed by atoms with Gasteiger partial charge in [-0.1, -0.05) is 0 Å². The molecule has 0 radical (unpaired) electrons. The molecule has 0 spiro atoms. The number of hydrogen-bond acceptors (Lipinski definition) is 5. The van der Waals surface area contributed by atoms with Crippen molar-refractivity contribution in [3.05, 3.63) is 29.8 Å². The topological polar surface area (TPSA) is 65.1 Å². The summed E-state index contributed by atoms with van der Waals surface area (Å²) in [5.74, 6) is 0.805. The fourth-order valence-corrected chi connectivity index (χ4v) is 1.99. The molecule has 0 unspecified atom stereocenters. The lowest BCUT2D eigenvalue weighted by atomic mass is 10.1. The third-order valence-electron chi connectivity index (χ3n) is 3.35. The summed E-state index contributed by atoms with van der Waals surface area (Å²) in [6.07, 6.45) is 3.30. The highest BCUT2D eigenvalue weighted by Gasteiger charge is 2.11. The summed E-state index contributed by atoms with van der Waals surface area (Å²) in [4.78, 5) is 25.0. The Labute approximate surface area is 136 Å². The minimum absolute atomic E-state index is 0.173. The van der Waals surface area contributed by atoms with E-state index >= 15 is 0 Å². The molecule has 1 rings (SSSR count). The molecule has 1 aromatic carbocycles. The van der Waals surface area contributed by atoms with Crippen molar-refractivity contribution in [1.29, 1.82) is 0 Å². The summed E-state index contributed by atoms with van der Waals surface area (Å²) in [7, 11) is 4.47. The summed E-state index contributed by atoms with van der Waals surface area (Å²) < 4.78 is 15.0. The third kappa shape index (κ3) is 5.65. The zero-order valence-corrected chi connectivity index (χ0v) is 14.0. The van der Waals surface area contributed by atoms with E-state index < -0.39 is 0 Å². The van der Waals surface area contributed by atoms with Gasteiger partial charge in [-0.15, -0.1) is 0 Å². The number of carbonyl (C=O) groups is 2. The average Bonchev–Trinajstić information content (AvgIpc) is 2.59. The van der Waals surface area contributed by atoms with Crippen LogP contribution in [0.5, 0.6) is 11.5 Å². The van der Waals surface area contributed by atoms with E-state index in [1.165, 1.54) is 13.2 Å². The number of carbonyl (C=O) groups excluding carboxylic acids is 2. The van der Waals surface area contributed by atoms with Crippen LogP contribution in [0.1, 0.15) is 18.9 Å². The summed E-state index contributed by atoms with van der Waals surface area (Å²) in [5.41, 5.74) is 0.740. The number of benzene rings is 1. The fourth-order valence-electron chi connectivity index (χ4n) is 1.99. The first-order chi connectivity index (χ1) is 11.0. The van der Waals surface area contributed by atoms with Crippen LogP contribution in [0.2, 0.25) is 0 Å². The minimum atomic E-state index is -0.338. The monoisotopic (exact) mass is 321 g/mol. The van der Waals surface area contributed by atoms with Crippen LogP contribution in [0.15, 0.2) is 24.3 Å². The molecule has 1 aromatic rings. The molecule has 23 heavy (non-hydrogen) atoms. The van der Waals surface area contributed by atoms with Crippen LogP contribution in [-0.2, 0) is 14.3 Å². The molecule has 0 heterocycles. The molecule has 126 valence electrons. The van der Waals surface area contributed by atoms with Gasteiger partial charge < -0.3 is 19.1 Å². The highest BCUT2D eigenvalue weighted by molar-refractivity contribution is 5.92. The van der Waals surface area contributed by atoms with Gasteiger partial charge in [0, 0.05) is 24.7 Å². The second kappa shape index (κ2) is 9.50. The summed E-state index contributed by atoms with van der Waals surface area (Å²) in [5, 5.41) is 0. The van der Waals surface area contributed by atoms with E-state index in [4.69, 9.17) is 9.47 Å². The Bertz CT molecular complexity index is 568. The normalized spacial score (nSPS) is 10.4. The molecule has 0 aliphatic carbocycles. The molecule has 1 amide bonds. The molecule has 0 N–H and O–H groups in total. The molecule has 6 nitrogen and oxygen atoms in total. The summed E-state index contributed by atoms with van der Waals surface area (Å²) in [6, 6.07) is 5.35. The van der Waals surface area contributed by atoms with E-state index in [1.807, 2.05) is 6.92 Å². The van der Waals surface area contributed by atoms with Crippen molar-refractivity contribution in [2.45, 2.75) is 13.3 Å². The van der Waals surface area contributed by atoms with Crippen molar-refractivity contribution >= 4 is 18.0 Å². The number of hydrogen-bond donors (Lipinski definition) is 0. The number of likely N-dealkylation sites (N-methyl/N-ethyl adjacent to an activating group) is 1. The largest absolute Gasteiger partial charge is 0.497 e. The summed E-state index contributed by atoms with van der Waals surface area (Å²) in [6.45, 7) is 2.69. The Morgan fingerprint density at radius 2 is 1.91 bits per heavy atom. The quantitative estimate of drug-likeness (QED) is 0.542. The van der Waals surface area contributed by atoms with E-state index in [0.717, 1.165) is 5.56 Å². The fraction of sp³-hybridized carbons (Fsp3) is 0.412. The van der Waals surface area contributed by atoms with Gasteiger partial charge >= 0.3 is 5.97 Å². The molecule has 0 aromatic heterocycles. The van der Waals surface area contributed by atoms with Crippen molar-refractivity contribution in [2.75, 3.05) is 34.4 Å². The number of ether oxygens (including phenoxy) is 3. The maximum Gasteiger partial charge on any atom is 0.307 e. The first-order valence-corrected chi connectivity index (χ1v) is 7.31. The molecule has 0 bridgehead atoms. The second-order valence-electron chi connectivity index (χ2n) is 4.69. The molecule has 6 heteroatoms. The number of methoxy groups -OCH3 is 3. The molecule has 0 atom stereocenters. The van der Waals surface area contributed by atoms with Crippen LogP contribution < -0.4 is 9.47 Å². The Morgan fingerprint density at radius 3 is 2.48 bits per heavy atom. The smallest absolute Gasteiger partial charge is 0.307 e. The van der Waals surface area contributed by atoms with Crippen LogP contribution in [0.25, 0.3) is 6.08 Å². The lowest BCUT2D eigenvalue weighted by Gasteiger charge is -2.18. The molecule has 0 saturated carbocycles. The lowest BCUT2D eigenvalue weighted by Crippen LogP contribution is -2.31. The number of rotatable bonds is 8. The predicted octanol–water partition coefficient (Wildman–Crippen LogP) is 2.13. The van der Waals surface area contributed by atoms with E-state index in [0.29, 0.717) is 24.6 Å². The highest BCUT2D eigenvalue weighted by Crippen LogP contribution is 2.25. The van der Waals surface area contributed by atoms with Crippen LogP contribution in [0.4, 0.5) is 0 Å². The minimum Gasteiger partial charge on any atom is -0.497 e. The molecule has 0 aliphatic heterocycles. The van der Waals surface area contributed by atoms with Gasteiger partial charge in [0.05, 0.1) is 27.8 Å². The number of esters is 1. The Hall–Kier alpha value is -2.50. The average molecular weight is 321 g/mol. The van der Waals surface area contributed by atoms with Crippen LogP contribution in [0.3, 0.4) is 0 Å². The van der Waals surface area contributed by atoms with Crippen molar-refractivity contribution < 1.29 is 23.8 Å². The van der Waals surface area contributed by atoms with Crippen LogP contribution in [-0.4, -0.2) is 51.2 Å². The molecular formula is C17H23NO5. The number of amides is 1. The third-order valence-corrected chi connectivity index (χ3v) is 3.35. The zero-order valence-electron chi connectivity index (χ0n) is 14.0. The van der Waals surface area contributed by atoms with Gasteiger partial charge in [0.15, 0.2) is 0 Å². The highest BCUT2D eigenvalue weighted by atomic mass is 16.5. The van der Waals surface area contributed by atoms with Gasteiger partial charge in [0.1, 0.15) is 11.5 Å². The van der Waals surface area contributed by atoms with Crippen molar-refractivity contribution in [3.8, 4) is 11.5 Å². The molecular weight excluding hydrogens is 298 g/mol. The molecule has 0 fully saturated rings. The van der Waals surface area contributed by atoms with Crippen LogP contribution in [0, 0.1) is 0 Å². The molecule has 0 saturated heterocycles. The maximum atomic E-state index is 12.2. The van der Waals surface area contributed by atoms with Gasteiger partial charge in [-0.3, -0.25) is 9.59 Å². The van der Waals surface area contributed by atoms with Crippen molar-refractivity contribution in [3.63, 3.8) is 0 Å². The second-order valence-corrected chi connectivity index (χ2v) is 4.69. The van der Waals surface area contributed by atoms with Gasteiger partial charge in [0.25, 0.3) is 0 Å². The summed E-state index contributed by atoms with van der Waals surface area (Å²) >= 11 is 0. The Morgan fingerprint density at radius 1 is 1.17 bits per heavy atom. The standard InChI is InChI=1S/C17H23NO5/c1-5-18(11-10-17(20)23-4)16(19)9-6-13-12-14(21-2)7-8-15(13)22-3/h6-9,12H,5,10-11H2,1-4H3/b9-6+. The maximum absolute atomic E-state index is 12.2. The van der Waals surface area contributed by atoms with Gasteiger partial charge in [-0.05, 0) is 31.2 Å². The molecule has 0 aliphatic rings. The van der Waals surface area contributed by atoms with Crippen molar-refractivity contribution in [1.82, 2.24) is 4.90 Å². The van der Waals surface area contributed by atoms with E-state index in [1.54, 1.807) is 43.4 Å². The van der Waals surface area contributed by atoms with Gasteiger partial charge in [-0.2, -0.15) is 0 Å². The van der Waals surface area contributed by atoms with Crippen LogP contribution >= 0.6 is 0 Å². The van der Waals surface area contributed by atoms with E-state index in [2.05, 4.69) is 4.74 Å². The van der Waals surface area contributed by atoms with Crippen molar-refractivity contribution in [2.24, 2.45) is 0 Å². The van der Waals surface area contributed by atoms with Gasteiger partial charge in [0.2, 0.25) is 5.91 Å². The Balaban J connectivity index is 2.81. The first-order valence-electron chi connectivity index (χ1n) is 7.31. The van der Waals surface area contributed by atoms with Gasteiger partial charge in [-0.25, -0.2) is 0 Å². The SMILES string of the molecule is CCN(CCC(=O)OC)C(=O)/C=C/c1cc(OC)ccc1OC. The lowest BCUT2D eigenvalue weighted by molar-refractivity contribution is -0.141. The van der Waals surface area contributed by atoms with E-state index in [-0.39, 0.29) is 18.3 Å². The predicted molar refractivity (Wildman–Crippen MR) is 87.5 cm³/mol. The van der Waals surface area contributed by atoms with E-state index in [9.17, 15) is 9.59 Å². The first kappa shape index (κ1) is 18.5. The Kier molecular flexibility index (Phi) is 7.66. The number of nitrogens with zero attached hydrogens (tertiary/aromatic N) is 1. The zero-order chi connectivity index (χ0) is 17.2.